The van der Waals surface area contributed by atoms with Gasteiger partial charge in [-0.05, 0) is 88.5 Å². The van der Waals surface area contributed by atoms with Crippen molar-refractivity contribution in [2.75, 3.05) is 4.90 Å². The summed E-state index contributed by atoms with van der Waals surface area (Å²) < 4.78 is 12.6. The minimum Gasteiger partial charge on any atom is -0.456 e. The van der Waals surface area contributed by atoms with Crippen molar-refractivity contribution in [2.45, 2.75) is 0 Å². The predicted molar refractivity (Wildman–Crippen MR) is 215 cm³/mol. The van der Waals surface area contributed by atoms with E-state index in [1.165, 1.54) is 0 Å². The van der Waals surface area contributed by atoms with Crippen molar-refractivity contribution in [3.8, 4) is 22.3 Å². The number of nitrogens with zero attached hydrogens (tertiary/aromatic N) is 1. The van der Waals surface area contributed by atoms with Gasteiger partial charge in [-0.25, -0.2) is 0 Å². The Morgan fingerprint density at radius 2 is 1.10 bits per heavy atom. The van der Waals surface area contributed by atoms with Crippen molar-refractivity contribution in [2.24, 2.45) is 0 Å². The number of anilines is 3. The summed E-state index contributed by atoms with van der Waals surface area (Å²) in [7, 11) is 0. The molecule has 3 nitrogen and oxygen atoms in total. The van der Waals surface area contributed by atoms with Crippen LogP contribution in [0.25, 0.3) is 71.7 Å². The third-order valence-electron chi connectivity index (χ3n) is 9.64. The summed E-state index contributed by atoms with van der Waals surface area (Å²) in [5.74, 6) is 0. The van der Waals surface area contributed by atoms with Crippen LogP contribution in [0.4, 0.5) is 17.1 Å². The normalized spacial score (nSPS) is 11.8. The van der Waals surface area contributed by atoms with E-state index in [-0.39, 0.29) is 0 Å². The maximum atomic E-state index is 6.46. The Balaban J connectivity index is 1.14. The Labute approximate surface area is 296 Å². The van der Waals surface area contributed by atoms with E-state index in [1.807, 2.05) is 36.4 Å². The molecule has 0 atom stereocenters. The summed E-state index contributed by atoms with van der Waals surface area (Å²) in [4.78, 5) is 2.32. The Kier molecular flexibility index (Phi) is 7.44. The number of hydrogen-bond acceptors (Lipinski definition) is 3. The maximum absolute atomic E-state index is 6.46. The van der Waals surface area contributed by atoms with E-state index in [9.17, 15) is 0 Å². The van der Waals surface area contributed by atoms with Gasteiger partial charge in [0, 0.05) is 38.5 Å². The molecule has 2 heterocycles. The Morgan fingerprint density at radius 3 is 1.82 bits per heavy atom. The highest BCUT2D eigenvalue weighted by atomic mass is 16.3. The van der Waals surface area contributed by atoms with Crippen molar-refractivity contribution in [3.63, 3.8) is 0 Å². The van der Waals surface area contributed by atoms with Crippen molar-refractivity contribution in [1.29, 1.82) is 0 Å². The van der Waals surface area contributed by atoms with Crippen LogP contribution >= 0.6 is 0 Å². The molecule has 3 heteroatoms. The third kappa shape index (κ3) is 5.24. The summed E-state index contributed by atoms with van der Waals surface area (Å²) in [6.45, 7) is 7.87. The van der Waals surface area contributed by atoms with Gasteiger partial charge in [-0.1, -0.05) is 128 Å². The number of hydrogen-bond donors (Lipinski definition) is 0. The van der Waals surface area contributed by atoms with E-state index in [0.29, 0.717) is 0 Å². The second-order valence-corrected chi connectivity index (χ2v) is 12.6. The summed E-state index contributed by atoms with van der Waals surface area (Å²) in [6.07, 6.45) is 5.63. The highest BCUT2D eigenvalue weighted by Gasteiger charge is 2.19. The predicted octanol–water partition coefficient (Wildman–Crippen LogP) is 14.0. The van der Waals surface area contributed by atoms with Gasteiger partial charge in [0.05, 0.1) is 5.69 Å². The minimum absolute atomic E-state index is 0.854. The first-order valence-electron chi connectivity index (χ1n) is 17.1. The highest BCUT2D eigenvalue weighted by molar-refractivity contribution is 6.25. The average Bonchev–Trinajstić information content (AvgIpc) is 3.76. The molecule has 9 rings (SSSR count). The van der Waals surface area contributed by atoms with Gasteiger partial charge in [0.1, 0.15) is 22.3 Å². The van der Waals surface area contributed by atoms with Crippen LogP contribution in [-0.2, 0) is 0 Å². The molecule has 0 unspecified atom stereocenters. The molecule has 7 aromatic carbocycles. The van der Waals surface area contributed by atoms with Crippen LogP contribution in [0.3, 0.4) is 0 Å². The summed E-state index contributed by atoms with van der Waals surface area (Å²) in [5, 5.41) is 4.37. The summed E-state index contributed by atoms with van der Waals surface area (Å²) >= 11 is 0. The first kappa shape index (κ1) is 30.2. The molecule has 0 fully saturated rings. The quantitative estimate of drug-likeness (QED) is 0.153. The molecule has 0 amide bonds. The maximum Gasteiger partial charge on any atom is 0.136 e. The fourth-order valence-corrected chi connectivity index (χ4v) is 7.23. The minimum atomic E-state index is 0.854. The SMILES string of the molecule is C=C/C=C(\C=C)c1ccc(N(c2ccc(-c3ccc4c(c3)oc3ccc5oc6ccccc6c5c34)cc2)c2ccccc2-c2ccccc2)cc1. The zero-order chi connectivity index (χ0) is 34.3. The fraction of sp³-hybridized carbons (Fsp3) is 0. The topological polar surface area (TPSA) is 29.5 Å². The zero-order valence-electron chi connectivity index (χ0n) is 27.9. The number of benzene rings is 7. The Hall–Kier alpha value is -6.84. The lowest BCUT2D eigenvalue weighted by atomic mass is 9.99. The zero-order valence-corrected chi connectivity index (χ0v) is 27.9. The molecular weight excluding hydrogens is 623 g/mol. The molecule has 0 radical (unpaired) electrons. The summed E-state index contributed by atoms with van der Waals surface area (Å²) in [6, 6.07) is 55.2. The van der Waals surface area contributed by atoms with Crippen molar-refractivity contribution >= 4 is 66.5 Å². The van der Waals surface area contributed by atoms with Crippen LogP contribution in [0.5, 0.6) is 0 Å². The monoisotopic (exact) mass is 655 g/mol. The molecule has 2 aromatic heterocycles. The van der Waals surface area contributed by atoms with Gasteiger partial charge in [-0.2, -0.15) is 0 Å². The second kappa shape index (κ2) is 12.6. The third-order valence-corrected chi connectivity index (χ3v) is 9.64. The molecule has 9 aromatic rings. The van der Waals surface area contributed by atoms with Crippen LogP contribution in [0.15, 0.2) is 198 Å². The largest absolute Gasteiger partial charge is 0.456 e. The van der Waals surface area contributed by atoms with Gasteiger partial charge in [0.15, 0.2) is 0 Å². The van der Waals surface area contributed by atoms with Gasteiger partial charge < -0.3 is 13.7 Å². The van der Waals surface area contributed by atoms with Gasteiger partial charge in [0.2, 0.25) is 0 Å². The average molecular weight is 656 g/mol. The number of rotatable bonds is 8. The number of fused-ring (bicyclic) bond motifs is 7. The summed E-state index contributed by atoms with van der Waals surface area (Å²) in [5.41, 5.74) is 13.3. The van der Waals surface area contributed by atoms with Crippen LogP contribution in [0.1, 0.15) is 5.56 Å². The van der Waals surface area contributed by atoms with Crippen molar-refractivity contribution in [3.05, 3.63) is 195 Å². The van der Waals surface area contributed by atoms with Crippen LogP contribution in [0, 0.1) is 0 Å². The number of allylic oxidation sites excluding steroid dienone is 4. The van der Waals surface area contributed by atoms with E-state index < -0.39 is 0 Å². The number of para-hydroxylation sites is 2. The standard InChI is InChI=1S/C48H33NO2/c1-3-12-32(4-2)33-19-24-37(25-20-33)49(42-17-10-8-15-39(42)35-13-6-5-7-14-35)38-26-21-34(22-27-38)36-23-28-41-46(31-36)51-45-30-29-44-47(48(41)45)40-16-9-11-18-43(40)50-44/h3-31H,1-2H2/b32-12+. The Bertz CT molecular complexity index is 2760. The molecule has 0 aliphatic rings. The molecule has 0 saturated carbocycles. The molecule has 0 bridgehead atoms. The van der Waals surface area contributed by atoms with Crippen LogP contribution in [-0.4, -0.2) is 0 Å². The van der Waals surface area contributed by atoms with Crippen molar-refractivity contribution < 1.29 is 8.83 Å². The highest BCUT2D eigenvalue weighted by Crippen LogP contribution is 2.43. The molecule has 51 heavy (non-hydrogen) atoms. The van der Waals surface area contributed by atoms with E-state index in [2.05, 4.69) is 152 Å². The molecule has 242 valence electrons. The van der Waals surface area contributed by atoms with E-state index in [1.54, 1.807) is 6.08 Å². The van der Waals surface area contributed by atoms with Gasteiger partial charge in [-0.3, -0.25) is 0 Å². The van der Waals surface area contributed by atoms with Crippen LogP contribution < -0.4 is 4.90 Å². The van der Waals surface area contributed by atoms with E-state index in [0.717, 1.165) is 94.3 Å². The number of furan rings is 2. The van der Waals surface area contributed by atoms with E-state index in [4.69, 9.17) is 8.83 Å². The lowest BCUT2D eigenvalue weighted by Gasteiger charge is -2.28. The first-order chi connectivity index (χ1) is 25.2. The molecule has 0 spiro atoms. The van der Waals surface area contributed by atoms with Crippen LogP contribution in [0.2, 0.25) is 0 Å². The molecular formula is C48H33NO2. The molecule has 0 saturated heterocycles. The van der Waals surface area contributed by atoms with Gasteiger partial charge in [-0.15, -0.1) is 0 Å². The molecule has 0 aliphatic heterocycles. The van der Waals surface area contributed by atoms with Crippen molar-refractivity contribution in [1.82, 2.24) is 0 Å². The van der Waals surface area contributed by atoms with E-state index >= 15 is 0 Å². The lowest BCUT2D eigenvalue weighted by molar-refractivity contribution is 0.663. The van der Waals surface area contributed by atoms with Gasteiger partial charge >= 0.3 is 0 Å². The van der Waals surface area contributed by atoms with Gasteiger partial charge in [0.25, 0.3) is 0 Å². The Morgan fingerprint density at radius 1 is 0.490 bits per heavy atom. The second-order valence-electron chi connectivity index (χ2n) is 12.6. The fourth-order valence-electron chi connectivity index (χ4n) is 7.23. The lowest BCUT2D eigenvalue weighted by Crippen LogP contribution is -2.11. The molecule has 0 N–H and O–H groups in total. The first-order valence-corrected chi connectivity index (χ1v) is 17.1. The smallest absolute Gasteiger partial charge is 0.136 e. The molecule has 0 aliphatic carbocycles.